The summed E-state index contributed by atoms with van der Waals surface area (Å²) in [5.41, 5.74) is 0.553. The average Bonchev–Trinajstić information content (AvgIpc) is 2.14. The van der Waals surface area contributed by atoms with E-state index in [0.29, 0.717) is 29.3 Å². The molecule has 0 aliphatic carbocycles. The van der Waals surface area contributed by atoms with Crippen LogP contribution in [0.4, 0.5) is 0 Å². The van der Waals surface area contributed by atoms with Crippen molar-refractivity contribution in [1.29, 1.82) is 0 Å². The largest absolute Gasteiger partial charge is 0.294 e. The van der Waals surface area contributed by atoms with Gasteiger partial charge in [0.15, 0.2) is 5.78 Å². The maximum Gasteiger partial charge on any atom is 0.164 e. The molecule has 0 bridgehead atoms. The average molecular weight is 218 g/mol. The van der Waals surface area contributed by atoms with Gasteiger partial charge in [0.2, 0.25) is 0 Å². The monoisotopic (exact) mass is 217 g/mol. The molecule has 13 heavy (non-hydrogen) atoms. The van der Waals surface area contributed by atoms with Gasteiger partial charge < -0.3 is 0 Å². The highest BCUT2D eigenvalue weighted by atomic mass is 35.5. The van der Waals surface area contributed by atoms with Gasteiger partial charge in [0.1, 0.15) is 0 Å². The van der Waals surface area contributed by atoms with Crippen molar-refractivity contribution in [3.63, 3.8) is 0 Å². The summed E-state index contributed by atoms with van der Waals surface area (Å²) in [7, 11) is 0. The third-order valence-corrected chi connectivity index (χ3v) is 2.04. The SMILES string of the molecule is O=C(CCCCl)c1cncc(Cl)c1. The highest BCUT2D eigenvalue weighted by molar-refractivity contribution is 6.30. The standard InChI is InChI=1S/C9H9Cl2NO/c10-3-1-2-9(13)7-4-8(11)6-12-5-7/h4-6H,1-3H2. The first-order chi connectivity index (χ1) is 6.24. The molecule has 0 saturated carbocycles. The van der Waals surface area contributed by atoms with E-state index in [0.717, 1.165) is 0 Å². The lowest BCUT2D eigenvalue weighted by atomic mass is 10.1. The van der Waals surface area contributed by atoms with Gasteiger partial charge in [-0.2, -0.15) is 0 Å². The van der Waals surface area contributed by atoms with Crippen LogP contribution in [0.2, 0.25) is 5.02 Å². The van der Waals surface area contributed by atoms with E-state index in [1.165, 1.54) is 12.4 Å². The number of pyridine rings is 1. The first kappa shape index (κ1) is 10.5. The smallest absolute Gasteiger partial charge is 0.164 e. The Morgan fingerprint density at radius 2 is 2.23 bits per heavy atom. The van der Waals surface area contributed by atoms with Gasteiger partial charge in [-0.05, 0) is 12.5 Å². The number of alkyl halides is 1. The fourth-order valence-corrected chi connectivity index (χ4v) is 1.24. The minimum absolute atomic E-state index is 0.0376. The zero-order valence-electron chi connectivity index (χ0n) is 6.96. The van der Waals surface area contributed by atoms with Gasteiger partial charge in [-0.25, -0.2) is 0 Å². The number of aromatic nitrogens is 1. The lowest BCUT2D eigenvalue weighted by Gasteiger charge is -1.98. The number of carbonyl (C=O) groups is 1. The van der Waals surface area contributed by atoms with Crippen LogP contribution in [0.3, 0.4) is 0 Å². The van der Waals surface area contributed by atoms with E-state index >= 15 is 0 Å². The Bertz CT molecular complexity index is 301. The summed E-state index contributed by atoms with van der Waals surface area (Å²) in [6.45, 7) is 0. The second kappa shape index (κ2) is 5.20. The van der Waals surface area contributed by atoms with Gasteiger partial charge in [-0.15, -0.1) is 11.6 Å². The molecule has 1 rings (SSSR count). The van der Waals surface area contributed by atoms with Crippen LogP contribution in [-0.2, 0) is 0 Å². The normalized spacial score (nSPS) is 10.0. The van der Waals surface area contributed by atoms with Gasteiger partial charge in [-0.3, -0.25) is 9.78 Å². The predicted molar refractivity (Wildman–Crippen MR) is 53.5 cm³/mol. The van der Waals surface area contributed by atoms with Crippen LogP contribution in [0.5, 0.6) is 0 Å². The van der Waals surface area contributed by atoms with Crippen LogP contribution >= 0.6 is 23.2 Å². The number of halogens is 2. The number of ketones is 1. The van der Waals surface area contributed by atoms with Gasteiger partial charge in [0.05, 0.1) is 5.02 Å². The molecule has 0 spiro atoms. The number of Topliss-reactive ketones (excluding diaryl/α,β-unsaturated/α-hetero) is 1. The van der Waals surface area contributed by atoms with Crippen LogP contribution in [0.1, 0.15) is 23.2 Å². The molecule has 0 atom stereocenters. The maximum absolute atomic E-state index is 11.4. The van der Waals surface area contributed by atoms with Gasteiger partial charge in [-0.1, -0.05) is 11.6 Å². The first-order valence-corrected chi connectivity index (χ1v) is 4.85. The Hall–Kier alpha value is -0.600. The topological polar surface area (TPSA) is 30.0 Å². The Morgan fingerprint density at radius 3 is 2.85 bits per heavy atom. The Morgan fingerprint density at radius 1 is 1.46 bits per heavy atom. The molecule has 0 aliphatic rings. The van der Waals surface area contributed by atoms with Gasteiger partial charge in [0.25, 0.3) is 0 Å². The summed E-state index contributed by atoms with van der Waals surface area (Å²) in [4.78, 5) is 15.2. The zero-order valence-corrected chi connectivity index (χ0v) is 8.48. The quantitative estimate of drug-likeness (QED) is 0.574. The maximum atomic E-state index is 11.4. The van der Waals surface area contributed by atoms with Crippen molar-refractivity contribution in [1.82, 2.24) is 4.98 Å². The second-order valence-electron chi connectivity index (χ2n) is 2.61. The highest BCUT2D eigenvalue weighted by Crippen LogP contribution is 2.11. The summed E-state index contributed by atoms with van der Waals surface area (Å²) < 4.78 is 0. The van der Waals surface area contributed by atoms with Crippen molar-refractivity contribution in [2.45, 2.75) is 12.8 Å². The Labute approximate surface area is 86.9 Å². The molecule has 4 heteroatoms. The van der Waals surface area contributed by atoms with Crippen LogP contribution in [-0.4, -0.2) is 16.6 Å². The fourth-order valence-electron chi connectivity index (χ4n) is 0.936. The Balaban J connectivity index is 2.66. The van der Waals surface area contributed by atoms with Crippen LogP contribution in [0.25, 0.3) is 0 Å². The minimum Gasteiger partial charge on any atom is -0.294 e. The van der Waals surface area contributed by atoms with Crippen molar-refractivity contribution in [3.05, 3.63) is 29.0 Å². The minimum atomic E-state index is 0.0376. The number of carbonyl (C=O) groups excluding carboxylic acids is 1. The number of nitrogens with zero attached hydrogens (tertiary/aromatic N) is 1. The molecule has 0 aromatic carbocycles. The van der Waals surface area contributed by atoms with Crippen molar-refractivity contribution < 1.29 is 4.79 Å². The van der Waals surface area contributed by atoms with Crippen LogP contribution < -0.4 is 0 Å². The molecule has 0 N–H and O–H groups in total. The highest BCUT2D eigenvalue weighted by Gasteiger charge is 2.05. The number of rotatable bonds is 4. The summed E-state index contributed by atoms with van der Waals surface area (Å²) in [5, 5.41) is 0.483. The molecule has 0 radical (unpaired) electrons. The lowest BCUT2D eigenvalue weighted by Crippen LogP contribution is -1.99. The molecule has 2 nitrogen and oxygen atoms in total. The van der Waals surface area contributed by atoms with E-state index in [4.69, 9.17) is 23.2 Å². The van der Waals surface area contributed by atoms with E-state index in [-0.39, 0.29) is 5.78 Å². The molecule has 0 amide bonds. The summed E-state index contributed by atoms with van der Waals surface area (Å²) in [6, 6.07) is 1.62. The van der Waals surface area contributed by atoms with Crippen molar-refractivity contribution in [3.8, 4) is 0 Å². The van der Waals surface area contributed by atoms with Crippen molar-refractivity contribution >= 4 is 29.0 Å². The molecule has 1 heterocycles. The predicted octanol–water partition coefficient (Wildman–Crippen LogP) is 2.94. The summed E-state index contributed by atoms with van der Waals surface area (Å²) >= 11 is 11.2. The number of hydrogen-bond donors (Lipinski definition) is 0. The molecule has 0 aliphatic heterocycles. The zero-order chi connectivity index (χ0) is 9.68. The van der Waals surface area contributed by atoms with Crippen molar-refractivity contribution in [2.24, 2.45) is 0 Å². The van der Waals surface area contributed by atoms with Gasteiger partial charge >= 0.3 is 0 Å². The molecular formula is C9H9Cl2NO. The van der Waals surface area contributed by atoms with E-state index in [1.54, 1.807) is 6.07 Å². The van der Waals surface area contributed by atoms with E-state index in [9.17, 15) is 4.79 Å². The molecule has 0 fully saturated rings. The van der Waals surface area contributed by atoms with E-state index in [2.05, 4.69) is 4.98 Å². The molecule has 0 saturated heterocycles. The summed E-state index contributed by atoms with van der Waals surface area (Å²) in [6.07, 6.45) is 4.15. The van der Waals surface area contributed by atoms with Gasteiger partial charge in [0, 0.05) is 30.3 Å². The first-order valence-electron chi connectivity index (χ1n) is 3.94. The lowest BCUT2D eigenvalue weighted by molar-refractivity contribution is 0.0981. The van der Waals surface area contributed by atoms with Crippen LogP contribution in [0.15, 0.2) is 18.5 Å². The van der Waals surface area contributed by atoms with E-state index < -0.39 is 0 Å². The second-order valence-corrected chi connectivity index (χ2v) is 3.42. The molecule has 70 valence electrons. The fraction of sp³-hybridized carbons (Fsp3) is 0.333. The summed E-state index contributed by atoms with van der Waals surface area (Å²) in [5.74, 6) is 0.537. The third-order valence-electron chi connectivity index (χ3n) is 1.56. The molecular weight excluding hydrogens is 209 g/mol. The molecule has 1 aromatic rings. The molecule has 1 aromatic heterocycles. The van der Waals surface area contributed by atoms with Crippen LogP contribution in [0, 0.1) is 0 Å². The van der Waals surface area contributed by atoms with Crippen molar-refractivity contribution in [2.75, 3.05) is 5.88 Å². The molecule has 0 unspecified atom stereocenters. The number of hydrogen-bond acceptors (Lipinski definition) is 2. The van der Waals surface area contributed by atoms with E-state index in [1.807, 2.05) is 0 Å². The Kier molecular flexibility index (Phi) is 4.19. The third kappa shape index (κ3) is 3.33.